The van der Waals surface area contributed by atoms with Gasteiger partial charge < -0.3 is 15.3 Å². The number of halogens is 6. The number of hydrogen-bond acceptors (Lipinski definition) is 4. The van der Waals surface area contributed by atoms with Crippen molar-refractivity contribution in [3.63, 3.8) is 0 Å². The van der Waals surface area contributed by atoms with Crippen molar-refractivity contribution in [2.24, 2.45) is 0 Å². The van der Waals surface area contributed by atoms with Crippen molar-refractivity contribution in [2.45, 2.75) is 50.9 Å². The molecule has 0 aliphatic heterocycles. The van der Waals surface area contributed by atoms with E-state index in [0.29, 0.717) is 24.0 Å². The van der Waals surface area contributed by atoms with Crippen molar-refractivity contribution in [3.8, 4) is 10.4 Å². The molecule has 0 unspecified atom stereocenters. The summed E-state index contributed by atoms with van der Waals surface area (Å²) in [7, 11) is 0. The van der Waals surface area contributed by atoms with Gasteiger partial charge in [0.05, 0.1) is 13.2 Å². The van der Waals surface area contributed by atoms with E-state index in [2.05, 4.69) is 0 Å². The van der Waals surface area contributed by atoms with E-state index in [4.69, 9.17) is 0 Å². The molecule has 10 heteroatoms. The summed E-state index contributed by atoms with van der Waals surface area (Å²) < 4.78 is 81.5. The average molecular weight is 504 g/mol. The van der Waals surface area contributed by atoms with Gasteiger partial charge in [0.2, 0.25) is 0 Å². The molecular formula is C24H22F6O3S. The number of aliphatic hydroxyl groups excluding tert-OH is 2. The lowest BCUT2D eigenvalue weighted by atomic mass is 9.84. The van der Waals surface area contributed by atoms with Crippen LogP contribution in [0.4, 0.5) is 26.3 Å². The smallest absolute Gasteiger partial charge is 0.392 e. The zero-order valence-corrected chi connectivity index (χ0v) is 18.8. The Balaban J connectivity index is 1.96. The summed E-state index contributed by atoms with van der Waals surface area (Å²) in [5, 5.41) is 28.8. The molecule has 3 rings (SSSR count). The molecule has 0 saturated carbocycles. The highest BCUT2D eigenvalue weighted by Crippen LogP contribution is 2.53. The Labute approximate surface area is 195 Å². The van der Waals surface area contributed by atoms with Gasteiger partial charge in [-0.2, -0.15) is 26.3 Å². The molecule has 2 aromatic carbocycles. The quantitative estimate of drug-likeness (QED) is 0.356. The molecule has 0 radical (unpaired) electrons. The van der Waals surface area contributed by atoms with E-state index in [1.54, 1.807) is 24.3 Å². The summed E-state index contributed by atoms with van der Waals surface area (Å²) in [5.74, 6) is 0. The van der Waals surface area contributed by atoms with E-state index in [-0.39, 0.29) is 29.2 Å². The lowest BCUT2D eigenvalue weighted by Crippen LogP contribution is -2.54. The first kappa shape index (κ1) is 26.2. The summed E-state index contributed by atoms with van der Waals surface area (Å²) in [6.45, 7) is 0.639. The van der Waals surface area contributed by atoms with E-state index in [9.17, 15) is 41.7 Å². The zero-order chi connectivity index (χ0) is 25.3. The molecule has 3 aromatic rings. The minimum atomic E-state index is -5.97. The highest BCUT2D eigenvalue weighted by Gasteiger charge is 2.72. The monoisotopic (exact) mass is 504 g/mol. The van der Waals surface area contributed by atoms with E-state index in [0.717, 1.165) is 40.8 Å². The van der Waals surface area contributed by atoms with Gasteiger partial charge in [-0.1, -0.05) is 36.4 Å². The standard InChI is InChI=1S/C24H22F6O3S/c1-14-3-2-4-19(21(14)22(33,23(25,26)27)24(28,29)30)20-10-9-18(34-20)8-6-15-5-7-16(12-31)17(11-15)13-32/h2-5,7,9-11,31-33H,6,8,12-13H2,1H3. The molecule has 0 spiro atoms. The van der Waals surface area contributed by atoms with Crippen LogP contribution in [0.25, 0.3) is 10.4 Å². The van der Waals surface area contributed by atoms with E-state index >= 15 is 0 Å². The van der Waals surface area contributed by atoms with Crippen LogP contribution in [0.1, 0.15) is 32.7 Å². The van der Waals surface area contributed by atoms with E-state index in [1.807, 2.05) is 0 Å². The summed E-state index contributed by atoms with van der Waals surface area (Å²) in [5.41, 5.74) is -4.87. The van der Waals surface area contributed by atoms with Crippen LogP contribution < -0.4 is 0 Å². The van der Waals surface area contributed by atoms with Crippen molar-refractivity contribution in [2.75, 3.05) is 0 Å². The maximum absolute atomic E-state index is 13.6. The number of benzene rings is 2. The van der Waals surface area contributed by atoms with Crippen molar-refractivity contribution in [3.05, 3.63) is 81.2 Å². The molecule has 34 heavy (non-hydrogen) atoms. The van der Waals surface area contributed by atoms with Gasteiger partial charge in [-0.15, -0.1) is 11.3 Å². The highest BCUT2D eigenvalue weighted by atomic mass is 32.1. The van der Waals surface area contributed by atoms with E-state index in [1.165, 1.54) is 12.1 Å². The first-order valence-electron chi connectivity index (χ1n) is 10.2. The predicted molar refractivity (Wildman–Crippen MR) is 116 cm³/mol. The van der Waals surface area contributed by atoms with Crippen molar-refractivity contribution >= 4 is 11.3 Å². The second kappa shape index (κ2) is 9.69. The molecule has 1 aromatic heterocycles. The third kappa shape index (κ3) is 4.86. The number of hydrogen-bond donors (Lipinski definition) is 3. The molecule has 3 N–H and O–H groups in total. The first-order valence-corrected chi connectivity index (χ1v) is 11.0. The van der Waals surface area contributed by atoms with Gasteiger partial charge in [0.15, 0.2) is 0 Å². The largest absolute Gasteiger partial charge is 0.430 e. The Morgan fingerprint density at radius 2 is 1.44 bits per heavy atom. The Bertz CT molecular complexity index is 1140. The van der Waals surface area contributed by atoms with Gasteiger partial charge in [-0.25, -0.2) is 0 Å². The highest BCUT2D eigenvalue weighted by molar-refractivity contribution is 7.15. The second-order valence-corrected chi connectivity index (χ2v) is 9.06. The predicted octanol–water partition coefficient (Wildman–Crippen LogP) is 5.81. The summed E-state index contributed by atoms with van der Waals surface area (Å²) in [6, 6.07) is 11.9. The zero-order valence-electron chi connectivity index (χ0n) is 18.0. The van der Waals surface area contributed by atoms with Gasteiger partial charge in [0.25, 0.3) is 5.60 Å². The number of alkyl halides is 6. The molecule has 0 saturated heterocycles. The average Bonchev–Trinajstić information content (AvgIpc) is 3.24. The molecule has 3 nitrogen and oxygen atoms in total. The Kier molecular flexibility index (Phi) is 7.47. The molecule has 0 aliphatic rings. The van der Waals surface area contributed by atoms with E-state index < -0.39 is 23.5 Å². The molecular weight excluding hydrogens is 482 g/mol. The molecule has 184 valence electrons. The Hall–Kier alpha value is -2.40. The van der Waals surface area contributed by atoms with Gasteiger partial charge in [-0.05, 0) is 59.7 Å². The van der Waals surface area contributed by atoms with Crippen LogP contribution in [0.2, 0.25) is 0 Å². The Morgan fingerprint density at radius 1 is 0.794 bits per heavy atom. The third-order valence-electron chi connectivity index (χ3n) is 5.65. The maximum Gasteiger partial charge on any atom is 0.430 e. The lowest BCUT2D eigenvalue weighted by Gasteiger charge is -2.35. The Morgan fingerprint density at radius 3 is 2.03 bits per heavy atom. The lowest BCUT2D eigenvalue weighted by molar-refractivity contribution is -0.376. The van der Waals surface area contributed by atoms with Crippen LogP contribution in [0, 0.1) is 6.92 Å². The number of aliphatic hydroxyl groups is 3. The van der Waals surface area contributed by atoms with Crippen LogP contribution in [0.5, 0.6) is 0 Å². The van der Waals surface area contributed by atoms with Crippen molar-refractivity contribution in [1.82, 2.24) is 0 Å². The first-order chi connectivity index (χ1) is 15.8. The molecule has 1 heterocycles. The van der Waals surface area contributed by atoms with Crippen LogP contribution in [-0.4, -0.2) is 27.7 Å². The molecule has 0 atom stereocenters. The summed E-state index contributed by atoms with van der Waals surface area (Å²) in [4.78, 5) is 0.897. The number of rotatable bonds is 7. The van der Waals surface area contributed by atoms with Gasteiger partial charge >= 0.3 is 12.4 Å². The van der Waals surface area contributed by atoms with Crippen molar-refractivity contribution < 1.29 is 41.7 Å². The second-order valence-electron chi connectivity index (χ2n) is 7.89. The molecule has 0 fully saturated rings. The minimum absolute atomic E-state index is 0.173. The third-order valence-corrected chi connectivity index (χ3v) is 6.83. The molecule has 0 amide bonds. The molecule has 0 bridgehead atoms. The SMILES string of the molecule is Cc1cccc(-c2ccc(CCc3ccc(CO)c(CO)c3)s2)c1C(O)(C(F)(F)F)C(F)(F)F. The van der Waals surface area contributed by atoms with Gasteiger partial charge in [0, 0.05) is 15.3 Å². The fourth-order valence-electron chi connectivity index (χ4n) is 3.86. The number of aryl methyl sites for hydroxylation is 3. The normalized spacial score (nSPS) is 12.9. The van der Waals surface area contributed by atoms with Crippen molar-refractivity contribution in [1.29, 1.82) is 0 Å². The fraction of sp³-hybridized carbons (Fsp3) is 0.333. The minimum Gasteiger partial charge on any atom is -0.392 e. The van der Waals surface area contributed by atoms with Gasteiger partial charge in [-0.3, -0.25) is 0 Å². The maximum atomic E-state index is 13.6. The van der Waals surface area contributed by atoms with Crippen LogP contribution in [-0.2, 0) is 31.7 Å². The van der Waals surface area contributed by atoms with Crippen LogP contribution >= 0.6 is 11.3 Å². The van der Waals surface area contributed by atoms with Crippen LogP contribution in [0.3, 0.4) is 0 Å². The van der Waals surface area contributed by atoms with Gasteiger partial charge in [0.1, 0.15) is 0 Å². The number of thiophene rings is 1. The topological polar surface area (TPSA) is 60.7 Å². The summed E-state index contributed by atoms with van der Waals surface area (Å²) in [6.07, 6.45) is -11.0. The fourth-order valence-corrected chi connectivity index (χ4v) is 4.90. The summed E-state index contributed by atoms with van der Waals surface area (Å²) >= 11 is 1.05. The molecule has 0 aliphatic carbocycles. The van der Waals surface area contributed by atoms with Crippen LogP contribution in [0.15, 0.2) is 48.5 Å².